The largest absolute Gasteiger partial charge is 0.334 e. The van der Waals surface area contributed by atoms with Gasteiger partial charge in [-0.3, -0.25) is 0 Å². The van der Waals surface area contributed by atoms with Gasteiger partial charge in [0.2, 0.25) is 0 Å². The lowest BCUT2D eigenvalue weighted by molar-refractivity contribution is 0.899. The lowest BCUT2D eigenvalue weighted by atomic mass is 9.98. The highest BCUT2D eigenvalue weighted by Gasteiger charge is 2.30. The van der Waals surface area contributed by atoms with Crippen LogP contribution >= 0.6 is 15.9 Å². The van der Waals surface area contributed by atoms with Gasteiger partial charge in [0.15, 0.2) is 0 Å². The zero-order valence-corrected chi connectivity index (χ0v) is 20.3. The van der Waals surface area contributed by atoms with Gasteiger partial charge in [0.25, 0.3) is 0 Å². The summed E-state index contributed by atoms with van der Waals surface area (Å²) in [5, 5.41) is 2.74. The van der Waals surface area contributed by atoms with Gasteiger partial charge >= 0.3 is 0 Å². The third-order valence-electron chi connectivity index (χ3n) is 7.38. The van der Waals surface area contributed by atoms with Crippen molar-refractivity contribution >= 4 is 50.6 Å². The Balaban J connectivity index is 1.51. The maximum absolute atomic E-state index is 4.02. The van der Waals surface area contributed by atoms with Crippen LogP contribution in [0.1, 0.15) is 43.9 Å². The molecule has 3 aliphatic rings. The molecule has 3 aromatic rings. The summed E-state index contributed by atoms with van der Waals surface area (Å²) in [7, 11) is 0. The fourth-order valence-corrected chi connectivity index (χ4v) is 6.46. The maximum Gasteiger partial charge on any atom is 0.0530 e. The van der Waals surface area contributed by atoms with E-state index < -0.39 is 0 Å². The first-order valence-electron chi connectivity index (χ1n) is 11.4. The molecule has 2 heteroatoms. The number of nitrogens with zero attached hydrogens (tertiary/aromatic N) is 1. The van der Waals surface area contributed by atoms with Gasteiger partial charge in [-0.2, -0.15) is 0 Å². The van der Waals surface area contributed by atoms with Crippen LogP contribution in [0.2, 0.25) is 0 Å². The summed E-state index contributed by atoms with van der Waals surface area (Å²) in [5.74, 6) is 0. The molecule has 0 saturated carbocycles. The molecule has 6 rings (SSSR count). The van der Waals surface area contributed by atoms with Crippen LogP contribution in [-0.4, -0.2) is 6.04 Å². The molecule has 0 aromatic heterocycles. The molecule has 3 aromatic carbocycles. The minimum atomic E-state index is 0.340. The van der Waals surface area contributed by atoms with Gasteiger partial charge in [-0.25, -0.2) is 0 Å². The highest BCUT2D eigenvalue weighted by molar-refractivity contribution is 9.10. The van der Waals surface area contributed by atoms with Crippen LogP contribution in [0.15, 0.2) is 76.3 Å². The van der Waals surface area contributed by atoms with E-state index in [0.717, 1.165) is 12.8 Å². The highest BCUT2D eigenvalue weighted by atomic mass is 79.9. The van der Waals surface area contributed by atoms with Crippen molar-refractivity contribution in [3.05, 3.63) is 103 Å². The first-order valence-corrected chi connectivity index (χ1v) is 12.2. The molecule has 0 spiro atoms. The van der Waals surface area contributed by atoms with Crippen molar-refractivity contribution < 1.29 is 0 Å². The van der Waals surface area contributed by atoms with Gasteiger partial charge in [0.05, 0.1) is 11.7 Å². The Morgan fingerprint density at radius 1 is 0.969 bits per heavy atom. The Hall–Kier alpha value is -2.84. The second-order valence-electron chi connectivity index (χ2n) is 9.27. The minimum Gasteiger partial charge on any atom is -0.334 e. The lowest BCUT2D eigenvalue weighted by Crippen LogP contribution is -2.26. The van der Waals surface area contributed by atoms with Gasteiger partial charge in [-0.05, 0) is 112 Å². The standard InChI is InChI=1S/C30H26BrN/c1-18-13-27-26(25(18)16-21-14-22-9-7-8-10-23(22)15-21)17-28-29(30(27)31)19(2)20(3)32(28)24-11-5-4-6-12-24/h4-14,17,20H,15-16H2,1-3H3. The van der Waals surface area contributed by atoms with Crippen LogP contribution < -0.4 is 15.3 Å². The predicted octanol–water partition coefficient (Wildman–Crippen LogP) is 6.76. The Bertz CT molecular complexity index is 1460. The average Bonchev–Trinajstić information content (AvgIpc) is 3.43. The van der Waals surface area contributed by atoms with Gasteiger partial charge in [0, 0.05) is 15.4 Å². The quantitative estimate of drug-likeness (QED) is 0.401. The van der Waals surface area contributed by atoms with E-state index in [1.807, 2.05) is 0 Å². The maximum atomic E-state index is 4.02. The second-order valence-corrected chi connectivity index (χ2v) is 10.1. The summed E-state index contributed by atoms with van der Waals surface area (Å²) in [6, 6.07) is 22.4. The van der Waals surface area contributed by atoms with Crippen molar-refractivity contribution in [1.29, 1.82) is 0 Å². The summed E-state index contributed by atoms with van der Waals surface area (Å²) in [6.45, 7) is 6.86. The molecule has 0 fully saturated rings. The summed E-state index contributed by atoms with van der Waals surface area (Å²) in [4.78, 5) is 2.49. The molecule has 0 amide bonds. The monoisotopic (exact) mass is 479 g/mol. The van der Waals surface area contributed by atoms with Gasteiger partial charge in [-0.15, -0.1) is 0 Å². The zero-order valence-electron chi connectivity index (χ0n) is 18.7. The van der Waals surface area contributed by atoms with Crippen LogP contribution in [0, 0.1) is 0 Å². The van der Waals surface area contributed by atoms with Crippen molar-refractivity contribution in [2.75, 3.05) is 4.90 Å². The molecular formula is C30H26BrN. The van der Waals surface area contributed by atoms with Crippen LogP contribution in [0.4, 0.5) is 11.4 Å². The number of hydrogen-bond acceptors (Lipinski definition) is 1. The summed E-state index contributed by atoms with van der Waals surface area (Å²) < 4.78 is 1.24. The number of hydrogen-bond donors (Lipinski definition) is 0. The molecular weight excluding hydrogens is 454 g/mol. The van der Waals surface area contributed by atoms with Crippen molar-refractivity contribution in [3.8, 4) is 0 Å². The van der Waals surface area contributed by atoms with E-state index >= 15 is 0 Å². The Morgan fingerprint density at radius 2 is 1.72 bits per heavy atom. The van der Waals surface area contributed by atoms with E-state index in [0.29, 0.717) is 6.04 Å². The number of allylic oxidation sites excluding steroid dienone is 2. The van der Waals surface area contributed by atoms with Gasteiger partial charge in [0.1, 0.15) is 0 Å². The molecule has 0 saturated heterocycles. The van der Waals surface area contributed by atoms with E-state index in [1.165, 1.54) is 65.3 Å². The molecule has 158 valence electrons. The Labute approximate surface area is 198 Å². The van der Waals surface area contributed by atoms with E-state index in [-0.39, 0.29) is 0 Å². The van der Waals surface area contributed by atoms with E-state index in [9.17, 15) is 0 Å². The first kappa shape index (κ1) is 19.8. The van der Waals surface area contributed by atoms with Crippen molar-refractivity contribution in [2.45, 2.75) is 39.7 Å². The molecule has 1 nitrogen and oxygen atoms in total. The lowest BCUT2D eigenvalue weighted by Gasteiger charge is -2.27. The van der Waals surface area contributed by atoms with Crippen LogP contribution in [0.5, 0.6) is 0 Å². The molecule has 2 aliphatic carbocycles. The molecule has 0 bridgehead atoms. The average molecular weight is 480 g/mol. The summed E-state index contributed by atoms with van der Waals surface area (Å²) >= 11 is 4.02. The number of fused-ring (bicyclic) bond motifs is 3. The molecule has 32 heavy (non-hydrogen) atoms. The molecule has 0 radical (unpaired) electrons. The normalized spacial score (nSPS) is 18.5. The van der Waals surface area contributed by atoms with Crippen molar-refractivity contribution in [1.82, 2.24) is 0 Å². The first-order chi connectivity index (χ1) is 15.5. The van der Waals surface area contributed by atoms with E-state index in [1.54, 1.807) is 0 Å². The molecule has 1 unspecified atom stereocenters. The molecule has 1 aliphatic heterocycles. The Morgan fingerprint density at radius 3 is 2.50 bits per heavy atom. The predicted molar refractivity (Wildman–Crippen MR) is 140 cm³/mol. The Kier molecular flexibility index (Phi) is 4.55. The molecule has 1 atom stereocenters. The van der Waals surface area contributed by atoms with Gasteiger partial charge < -0.3 is 4.90 Å². The number of anilines is 2. The second kappa shape index (κ2) is 7.35. The number of halogens is 1. The van der Waals surface area contributed by atoms with Crippen LogP contribution in [-0.2, 0) is 6.42 Å². The van der Waals surface area contributed by atoms with Gasteiger partial charge in [-0.1, -0.05) is 54.1 Å². The summed E-state index contributed by atoms with van der Waals surface area (Å²) in [6.07, 6.45) is 6.85. The SMILES string of the molecule is CC1=Cc2c(Br)c3c(cc2=C1CC1=Cc2ccccc2C1)N(c1ccccc1)C(C)C=3C. The van der Waals surface area contributed by atoms with Crippen LogP contribution in [0.25, 0.3) is 23.3 Å². The number of benzene rings is 3. The molecule has 0 N–H and O–H groups in total. The number of para-hydroxylation sites is 1. The zero-order chi connectivity index (χ0) is 22.0. The van der Waals surface area contributed by atoms with Crippen LogP contribution in [0.3, 0.4) is 0 Å². The third kappa shape index (κ3) is 2.89. The fraction of sp³-hybridized carbons (Fsp3) is 0.200. The smallest absolute Gasteiger partial charge is 0.0530 e. The topological polar surface area (TPSA) is 3.24 Å². The number of rotatable bonds is 3. The van der Waals surface area contributed by atoms with E-state index in [4.69, 9.17) is 0 Å². The molecule has 1 heterocycles. The third-order valence-corrected chi connectivity index (χ3v) is 8.21. The van der Waals surface area contributed by atoms with E-state index in [2.05, 4.69) is 114 Å². The van der Waals surface area contributed by atoms with Crippen molar-refractivity contribution in [2.24, 2.45) is 0 Å². The fourth-order valence-electron chi connectivity index (χ4n) is 5.61. The summed E-state index contributed by atoms with van der Waals surface area (Å²) in [5.41, 5.74) is 12.5. The highest BCUT2D eigenvalue weighted by Crippen LogP contribution is 2.38. The minimum absolute atomic E-state index is 0.340. The van der Waals surface area contributed by atoms with Crippen molar-refractivity contribution in [3.63, 3.8) is 0 Å².